The quantitative estimate of drug-likeness (QED) is 0.837. The highest BCUT2D eigenvalue weighted by Gasteiger charge is 2.12. The zero-order valence-electron chi connectivity index (χ0n) is 10.9. The number of amides is 1. The maximum Gasteiger partial charge on any atom is 0.311 e. The van der Waals surface area contributed by atoms with Gasteiger partial charge in [0.2, 0.25) is 0 Å². The molecular weight excluding hydrogens is 363 g/mol. The number of nitrogens with zero attached hydrogens (tertiary/aromatic N) is 1. The molecule has 21 heavy (non-hydrogen) atoms. The van der Waals surface area contributed by atoms with E-state index in [1.165, 1.54) is 36.6 Å². The van der Waals surface area contributed by atoms with Crippen LogP contribution in [-0.4, -0.2) is 24.0 Å². The Hall–Kier alpha value is -1.80. The third kappa shape index (κ3) is 4.08. The summed E-state index contributed by atoms with van der Waals surface area (Å²) in [7, 11) is 1.30. The van der Waals surface area contributed by atoms with Crippen LogP contribution in [0.3, 0.4) is 0 Å². The Kier molecular flexibility index (Phi) is 5.03. The maximum atomic E-state index is 13.1. The van der Waals surface area contributed by atoms with Crippen LogP contribution in [-0.2, 0) is 16.0 Å². The maximum absolute atomic E-state index is 13.1. The molecule has 0 spiro atoms. The minimum absolute atomic E-state index is 0.0466. The molecule has 5 nitrogen and oxygen atoms in total. The third-order valence-corrected chi connectivity index (χ3v) is 3.92. The van der Waals surface area contributed by atoms with Crippen LogP contribution in [0.1, 0.15) is 16.1 Å². The van der Waals surface area contributed by atoms with Crippen molar-refractivity contribution < 1.29 is 18.7 Å². The second kappa shape index (κ2) is 6.77. The fourth-order valence-electron chi connectivity index (χ4n) is 1.47. The van der Waals surface area contributed by atoms with Gasteiger partial charge in [0.05, 0.1) is 23.7 Å². The summed E-state index contributed by atoms with van der Waals surface area (Å²) in [6.07, 6.45) is 0.0466. The Morgan fingerprint density at radius 2 is 2.24 bits per heavy atom. The van der Waals surface area contributed by atoms with E-state index in [9.17, 15) is 14.0 Å². The smallest absolute Gasteiger partial charge is 0.311 e. The summed E-state index contributed by atoms with van der Waals surface area (Å²) in [5.74, 6) is -1.25. The highest BCUT2D eigenvalue weighted by Crippen LogP contribution is 2.20. The molecule has 0 saturated heterocycles. The van der Waals surface area contributed by atoms with Gasteiger partial charge in [0.15, 0.2) is 5.13 Å². The zero-order valence-corrected chi connectivity index (χ0v) is 13.3. The fraction of sp³-hybridized carbons (Fsp3) is 0.154. The van der Waals surface area contributed by atoms with E-state index >= 15 is 0 Å². The van der Waals surface area contributed by atoms with Crippen LogP contribution in [0.4, 0.5) is 9.52 Å². The third-order valence-electron chi connectivity index (χ3n) is 2.51. The minimum Gasteiger partial charge on any atom is -0.469 e. The van der Waals surface area contributed by atoms with Crippen molar-refractivity contribution in [3.8, 4) is 0 Å². The molecule has 0 fully saturated rings. The van der Waals surface area contributed by atoms with Gasteiger partial charge in [-0.1, -0.05) is 0 Å². The number of thiazole rings is 1. The number of carbonyl (C=O) groups excluding carboxylic acids is 2. The molecule has 1 aromatic carbocycles. The van der Waals surface area contributed by atoms with Gasteiger partial charge >= 0.3 is 5.97 Å². The molecule has 0 aliphatic carbocycles. The van der Waals surface area contributed by atoms with Crippen molar-refractivity contribution in [2.24, 2.45) is 0 Å². The molecule has 1 heterocycles. The van der Waals surface area contributed by atoms with E-state index in [0.717, 1.165) is 0 Å². The summed E-state index contributed by atoms with van der Waals surface area (Å²) in [5.41, 5.74) is 0.815. The van der Waals surface area contributed by atoms with Crippen molar-refractivity contribution >= 4 is 44.3 Å². The number of benzene rings is 1. The summed E-state index contributed by atoms with van der Waals surface area (Å²) in [5, 5.41) is 4.61. The summed E-state index contributed by atoms with van der Waals surface area (Å²) in [6.45, 7) is 0. The van der Waals surface area contributed by atoms with Crippen LogP contribution in [0.2, 0.25) is 0 Å². The second-order valence-electron chi connectivity index (χ2n) is 3.98. The standard InChI is InChI=1S/C13H10BrFN2O3S/c1-20-11(18)5-8-6-21-13(16-8)17-12(19)7-2-3-10(15)9(14)4-7/h2-4,6H,5H2,1H3,(H,16,17,19). The van der Waals surface area contributed by atoms with Gasteiger partial charge in [-0.25, -0.2) is 9.37 Å². The van der Waals surface area contributed by atoms with Gasteiger partial charge < -0.3 is 4.74 Å². The topological polar surface area (TPSA) is 68.3 Å². The Labute approximate surface area is 132 Å². The minimum atomic E-state index is -0.443. The molecule has 0 saturated carbocycles. The normalized spacial score (nSPS) is 10.2. The SMILES string of the molecule is COC(=O)Cc1csc(NC(=O)c2ccc(F)c(Br)c2)n1. The van der Waals surface area contributed by atoms with Crippen LogP contribution >= 0.6 is 27.3 Å². The molecular formula is C13H10BrFN2O3S. The lowest BCUT2D eigenvalue weighted by molar-refractivity contribution is -0.139. The molecule has 2 aromatic rings. The van der Waals surface area contributed by atoms with Gasteiger partial charge in [-0.3, -0.25) is 14.9 Å². The Morgan fingerprint density at radius 3 is 2.90 bits per heavy atom. The number of hydrogen-bond acceptors (Lipinski definition) is 5. The van der Waals surface area contributed by atoms with E-state index in [2.05, 4.69) is 31.0 Å². The van der Waals surface area contributed by atoms with Crippen molar-refractivity contribution in [3.63, 3.8) is 0 Å². The molecule has 2 rings (SSSR count). The number of methoxy groups -OCH3 is 1. The average molecular weight is 373 g/mol. The highest BCUT2D eigenvalue weighted by molar-refractivity contribution is 9.10. The van der Waals surface area contributed by atoms with Gasteiger partial charge in [0.1, 0.15) is 5.82 Å². The van der Waals surface area contributed by atoms with E-state index in [-0.39, 0.29) is 10.9 Å². The van der Waals surface area contributed by atoms with Gasteiger partial charge in [-0.2, -0.15) is 0 Å². The first-order chi connectivity index (χ1) is 9.99. The first-order valence-corrected chi connectivity index (χ1v) is 7.44. The Morgan fingerprint density at radius 1 is 1.48 bits per heavy atom. The monoisotopic (exact) mass is 372 g/mol. The summed E-state index contributed by atoms with van der Waals surface area (Å²) >= 11 is 4.22. The van der Waals surface area contributed by atoms with E-state index < -0.39 is 17.7 Å². The molecule has 1 aromatic heterocycles. The average Bonchev–Trinajstić information content (AvgIpc) is 2.88. The molecule has 0 aliphatic rings. The van der Waals surface area contributed by atoms with Crippen molar-refractivity contribution in [1.82, 2.24) is 4.98 Å². The molecule has 0 unspecified atom stereocenters. The van der Waals surface area contributed by atoms with Crippen LogP contribution in [0.15, 0.2) is 28.1 Å². The largest absolute Gasteiger partial charge is 0.469 e. The lowest BCUT2D eigenvalue weighted by atomic mass is 10.2. The van der Waals surface area contributed by atoms with Crippen LogP contribution < -0.4 is 5.32 Å². The van der Waals surface area contributed by atoms with Crippen LogP contribution in [0.25, 0.3) is 0 Å². The number of hydrogen-bond donors (Lipinski definition) is 1. The van der Waals surface area contributed by atoms with Gasteiger partial charge in [0, 0.05) is 10.9 Å². The molecule has 1 N–H and O–H groups in total. The first kappa shape index (κ1) is 15.6. The fourth-order valence-corrected chi connectivity index (χ4v) is 2.56. The van der Waals surface area contributed by atoms with Gasteiger partial charge in [-0.05, 0) is 34.1 Å². The predicted octanol–water partition coefficient (Wildman–Crippen LogP) is 3.01. The molecule has 0 radical (unpaired) electrons. The number of nitrogens with one attached hydrogen (secondary N) is 1. The van der Waals surface area contributed by atoms with Gasteiger partial charge in [0.25, 0.3) is 5.91 Å². The Balaban J connectivity index is 2.05. The van der Waals surface area contributed by atoms with E-state index in [0.29, 0.717) is 16.4 Å². The number of esters is 1. The van der Waals surface area contributed by atoms with Crippen molar-refractivity contribution in [3.05, 3.63) is 45.1 Å². The Bertz CT molecular complexity index is 690. The number of anilines is 1. The second-order valence-corrected chi connectivity index (χ2v) is 5.69. The van der Waals surface area contributed by atoms with E-state index in [1.54, 1.807) is 5.38 Å². The van der Waals surface area contributed by atoms with Crippen molar-refractivity contribution in [2.45, 2.75) is 6.42 Å². The van der Waals surface area contributed by atoms with Crippen molar-refractivity contribution in [1.29, 1.82) is 0 Å². The number of halogens is 2. The molecule has 8 heteroatoms. The van der Waals surface area contributed by atoms with Crippen LogP contribution in [0, 0.1) is 5.82 Å². The first-order valence-electron chi connectivity index (χ1n) is 5.77. The number of carbonyl (C=O) groups is 2. The molecule has 0 aliphatic heterocycles. The summed E-state index contributed by atoms with van der Waals surface area (Å²) < 4.78 is 17.9. The molecule has 1 amide bonds. The number of rotatable bonds is 4. The number of ether oxygens (including phenoxy) is 1. The van der Waals surface area contributed by atoms with Crippen molar-refractivity contribution in [2.75, 3.05) is 12.4 Å². The molecule has 0 bridgehead atoms. The van der Waals surface area contributed by atoms with Gasteiger partial charge in [-0.15, -0.1) is 11.3 Å². The molecule has 0 atom stereocenters. The lowest BCUT2D eigenvalue weighted by Crippen LogP contribution is -2.12. The number of aromatic nitrogens is 1. The lowest BCUT2D eigenvalue weighted by Gasteiger charge is -2.02. The summed E-state index contributed by atoms with van der Waals surface area (Å²) in [6, 6.07) is 3.95. The van der Waals surface area contributed by atoms with Crippen LogP contribution in [0.5, 0.6) is 0 Å². The predicted molar refractivity (Wildman–Crippen MR) is 79.9 cm³/mol. The zero-order chi connectivity index (χ0) is 15.4. The highest BCUT2D eigenvalue weighted by atomic mass is 79.9. The van der Waals surface area contributed by atoms with E-state index in [4.69, 9.17) is 0 Å². The summed E-state index contributed by atoms with van der Waals surface area (Å²) in [4.78, 5) is 27.2. The molecule has 110 valence electrons. The van der Waals surface area contributed by atoms with E-state index in [1.807, 2.05) is 0 Å².